The maximum Gasteiger partial charge on any atom is 0.279 e. The lowest BCUT2D eigenvalue weighted by Gasteiger charge is -2.15. The molecule has 1 unspecified atom stereocenters. The van der Waals surface area contributed by atoms with Crippen LogP contribution in [0.5, 0.6) is 5.75 Å². The molecule has 27 heavy (non-hydrogen) atoms. The fourth-order valence-corrected chi connectivity index (χ4v) is 2.78. The Kier molecular flexibility index (Phi) is 7.43. The van der Waals surface area contributed by atoms with E-state index >= 15 is 0 Å². The van der Waals surface area contributed by atoms with Gasteiger partial charge in [0.25, 0.3) is 5.91 Å². The van der Waals surface area contributed by atoms with Crippen LogP contribution in [-0.4, -0.2) is 29.5 Å². The van der Waals surface area contributed by atoms with Gasteiger partial charge in [-0.25, -0.2) is 0 Å². The largest absolute Gasteiger partial charge is 0.481 e. The van der Waals surface area contributed by atoms with Crippen LogP contribution in [0.25, 0.3) is 0 Å². The molecule has 2 aromatic rings. The molecular weight excluding hydrogens is 364 g/mol. The lowest BCUT2D eigenvalue weighted by Crippen LogP contribution is -2.47. The standard InChI is InChI=1S/C20H22N2O4S/c1-13-4-10-18(11-5-13)27-12-19(24)21-22-20(25)15(3)26-17-8-6-16(7-9-17)14(2)23/h4-11,15H,12H2,1-3H3,(H,21,24)(H,22,25). The summed E-state index contributed by atoms with van der Waals surface area (Å²) in [4.78, 5) is 36.1. The average molecular weight is 386 g/mol. The topological polar surface area (TPSA) is 84.5 Å². The second kappa shape index (κ2) is 9.78. The van der Waals surface area contributed by atoms with Gasteiger partial charge in [0.1, 0.15) is 5.75 Å². The van der Waals surface area contributed by atoms with Crippen molar-refractivity contribution in [1.82, 2.24) is 10.9 Å². The van der Waals surface area contributed by atoms with Gasteiger partial charge in [0, 0.05) is 10.5 Å². The zero-order chi connectivity index (χ0) is 19.8. The van der Waals surface area contributed by atoms with Crippen LogP contribution >= 0.6 is 11.8 Å². The summed E-state index contributed by atoms with van der Waals surface area (Å²) < 4.78 is 5.50. The van der Waals surface area contributed by atoms with Crippen LogP contribution in [0.3, 0.4) is 0 Å². The number of hydrazine groups is 1. The quantitative estimate of drug-likeness (QED) is 0.434. The van der Waals surface area contributed by atoms with Gasteiger partial charge in [-0.2, -0.15) is 0 Å². The number of carbonyl (C=O) groups excluding carboxylic acids is 3. The van der Waals surface area contributed by atoms with Crippen LogP contribution in [0, 0.1) is 6.92 Å². The summed E-state index contributed by atoms with van der Waals surface area (Å²) in [7, 11) is 0. The summed E-state index contributed by atoms with van der Waals surface area (Å²) in [6.07, 6.45) is -0.807. The first-order chi connectivity index (χ1) is 12.8. The van der Waals surface area contributed by atoms with E-state index in [9.17, 15) is 14.4 Å². The Morgan fingerprint density at radius 2 is 1.63 bits per heavy atom. The Morgan fingerprint density at radius 1 is 1.00 bits per heavy atom. The maximum absolute atomic E-state index is 12.0. The molecule has 0 radical (unpaired) electrons. The summed E-state index contributed by atoms with van der Waals surface area (Å²) in [5, 5.41) is 0. The van der Waals surface area contributed by atoms with Crippen molar-refractivity contribution in [2.75, 3.05) is 5.75 Å². The van der Waals surface area contributed by atoms with E-state index in [1.165, 1.54) is 18.7 Å². The lowest BCUT2D eigenvalue weighted by atomic mass is 10.1. The summed E-state index contributed by atoms with van der Waals surface area (Å²) >= 11 is 1.38. The number of amides is 2. The third-order valence-electron chi connectivity index (χ3n) is 3.66. The van der Waals surface area contributed by atoms with Crippen LogP contribution in [0.15, 0.2) is 53.4 Å². The number of hydrogen-bond donors (Lipinski definition) is 2. The van der Waals surface area contributed by atoms with Gasteiger partial charge >= 0.3 is 0 Å². The van der Waals surface area contributed by atoms with Crippen molar-refractivity contribution in [2.45, 2.75) is 31.8 Å². The van der Waals surface area contributed by atoms with E-state index in [0.29, 0.717) is 11.3 Å². The van der Waals surface area contributed by atoms with Crippen molar-refractivity contribution < 1.29 is 19.1 Å². The molecule has 0 aliphatic rings. The number of carbonyl (C=O) groups is 3. The van der Waals surface area contributed by atoms with E-state index in [0.717, 1.165) is 10.5 Å². The number of aryl methyl sites for hydroxylation is 1. The Bertz CT molecular complexity index is 804. The van der Waals surface area contributed by atoms with E-state index in [2.05, 4.69) is 10.9 Å². The molecule has 0 aromatic heterocycles. The molecule has 142 valence electrons. The number of thioether (sulfide) groups is 1. The minimum atomic E-state index is -0.807. The van der Waals surface area contributed by atoms with Crippen molar-refractivity contribution >= 4 is 29.4 Å². The molecule has 0 spiro atoms. The molecule has 2 aromatic carbocycles. The van der Waals surface area contributed by atoms with Crippen LogP contribution in [0.2, 0.25) is 0 Å². The van der Waals surface area contributed by atoms with Crippen LogP contribution in [0.4, 0.5) is 0 Å². The van der Waals surface area contributed by atoms with Gasteiger partial charge < -0.3 is 4.74 Å². The van der Waals surface area contributed by atoms with E-state index in [1.54, 1.807) is 31.2 Å². The normalized spacial score (nSPS) is 11.4. The first-order valence-electron chi connectivity index (χ1n) is 8.41. The minimum absolute atomic E-state index is 0.0430. The van der Waals surface area contributed by atoms with Crippen molar-refractivity contribution in [1.29, 1.82) is 0 Å². The van der Waals surface area contributed by atoms with Gasteiger partial charge in [-0.1, -0.05) is 17.7 Å². The molecule has 0 fully saturated rings. The summed E-state index contributed by atoms with van der Waals surface area (Å²) in [6.45, 7) is 5.05. The van der Waals surface area contributed by atoms with Gasteiger partial charge in [0.15, 0.2) is 11.9 Å². The smallest absolute Gasteiger partial charge is 0.279 e. The highest BCUT2D eigenvalue weighted by Crippen LogP contribution is 2.17. The van der Waals surface area contributed by atoms with Crippen LogP contribution in [-0.2, 0) is 9.59 Å². The Hall–Kier alpha value is -2.80. The first kappa shape index (κ1) is 20.5. The molecule has 2 N–H and O–H groups in total. The predicted octanol–water partition coefficient (Wildman–Crippen LogP) is 2.90. The minimum Gasteiger partial charge on any atom is -0.481 e. The van der Waals surface area contributed by atoms with Gasteiger partial charge in [0.05, 0.1) is 5.75 Å². The molecule has 0 saturated carbocycles. The van der Waals surface area contributed by atoms with Crippen molar-refractivity contribution in [3.05, 3.63) is 59.7 Å². The van der Waals surface area contributed by atoms with E-state index in [4.69, 9.17) is 4.74 Å². The monoisotopic (exact) mass is 386 g/mol. The number of rotatable bonds is 7. The number of ketones is 1. The fraction of sp³-hybridized carbons (Fsp3) is 0.250. The van der Waals surface area contributed by atoms with Crippen molar-refractivity contribution in [3.8, 4) is 5.75 Å². The zero-order valence-electron chi connectivity index (χ0n) is 15.4. The van der Waals surface area contributed by atoms with Crippen LogP contribution < -0.4 is 15.6 Å². The number of nitrogens with one attached hydrogen (secondary N) is 2. The fourth-order valence-electron chi connectivity index (χ4n) is 2.08. The highest BCUT2D eigenvalue weighted by Gasteiger charge is 2.15. The summed E-state index contributed by atoms with van der Waals surface area (Å²) in [6, 6.07) is 14.3. The molecule has 7 heteroatoms. The molecule has 0 heterocycles. The number of hydrogen-bond acceptors (Lipinski definition) is 5. The third kappa shape index (κ3) is 6.79. The number of benzene rings is 2. The molecule has 6 nitrogen and oxygen atoms in total. The number of Topliss-reactive ketones (excluding diaryl/α,β-unsaturated/α-hetero) is 1. The SMILES string of the molecule is CC(=O)c1ccc(OC(C)C(=O)NNC(=O)CSc2ccc(C)cc2)cc1. The van der Waals surface area contributed by atoms with E-state index < -0.39 is 12.0 Å². The van der Waals surface area contributed by atoms with E-state index in [-0.39, 0.29) is 17.4 Å². The Balaban J connectivity index is 1.74. The Labute approximate surface area is 162 Å². The summed E-state index contributed by atoms with van der Waals surface area (Å²) in [5.74, 6) is -0.181. The van der Waals surface area contributed by atoms with Gasteiger partial charge in [0.2, 0.25) is 5.91 Å². The molecular formula is C20H22N2O4S. The van der Waals surface area contributed by atoms with Gasteiger partial charge in [-0.15, -0.1) is 11.8 Å². The number of ether oxygens (including phenoxy) is 1. The second-order valence-electron chi connectivity index (χ2n) is 5.98. The molecule has 0 aliphatic heterocycles. The van der Waals surface area contributed by atoms with Gasteiger partial charge in [-0.05, 0) is 57.2 Å². The maximum atomic E-state index is 12.0. The summed E-state index contributed by atoms with van der Waals surface area (Å²) in [5.41, 5.74) is 6.44. The van der Waals surface area contributed by atoms with Gasteiger partial charge in [-0.3, -0.25) is 25.2 Å². The first-order valence-corrected chi connectivity index (χ1v) is 9.39. The Morgan fingerprint density at radius 3 is 2.22 bits per heavy atom. The molecule has 0 saturated heterocycles. The van der Waals surface area contributed by atoms with E-state index in [1.807, 2.05) is 31.2 Å². The molecule has 0 aliphatic carbocycles. The van der Waals surface area contributed by atoms with Crippen LogP contribution in [0.1, 0.15) is 29.8 Å². The highest BCUT2D eigenvalue weighted by atomic mass is 32.2. The third-order valence-corrected chi connectivity index (χ3v) is 4.67. The zero-order valence-corrected chi connectivity index (χ0v) is 16.3. The van der Waals surface area contributed by atoms with Crippen molar-refractivity contribution in [2.24, 2.45) is 0 Å². The second-order valence-corrected chi connectivity index (χ2v) is 7.03. The predicted molar refractivity (Wildman–Crippen MR) is 105 cm³/mol. The molecule has 1 atom stereocenters. The highest BCUT2D eigenvalue weighted by molar-refractivity contribution is 8.00. The molecule has 0 bridgehead atoms. The molecule has 2 rings (SSSR count). The average Bonchev–Trinajstić information content (AvgIpc) is 2.66. The lowest BCUT2D eigenvalue weighted by molar-refractivity contribution is -0.131. The molecule has 2 amide bonds. The van der Waals surface area contributed by atoms with Crippen molar-refractivity contribution in [3.63, 3.8) is 0 Å².